The lowest BCUT2D eigenvalue weighted by atomic mass is 10.2. The average Bonchev–Trinajstić information content (AvgIpc) is 2.19. The maximum absolute atomic E-state index is 11.4. The molecule has 6 nitrogen and oxygen atoms in total. The van der Waals surface area contributed by atoms with E-state index < -0.39 is 28.4 Å². The quantitative estimate of drug-likeness (QED) is 0.475. The maximum atomic E-state index is 11.4. The van der Waals surface area contributed by atoms with Crippen molar-refractivity contribution < 1.29 is 27.6 Å². The largest absolute Gasteiger partial charge is 0.748 e. The fourth-order valence-corrected chi connectivity index (χ4v) is 1.76. The lowest BCUT2D eigenvalue weighted by Gasteiger charge is -2.08. The van der Waals surface area contributed by atoms with Crippen LogP contribution in [0.1, 0.15) is 10.4 Å². The molecule has 0 amide bonds. The fourth-order valence-electron chi connectivity index (χ4n) is 0.986. The molecule has 1 aromatic rings. The van der Waals surface area contributed by atoms with Crippen LogP contribution in [0.25, 0.3) is 0 Å². The summed E-state index contributed by atoms with van der Waals surface area (Å²) < 4.78 is 36.1. The van der Waals surface area contributed by atoms with Crippen LogP contribution in [0.15, 0.2) is 18.2 Å². The Morgan fingerprint density at radius 3 is 2.71 bits per heavy atom. The fraction of sp³-hybridized carbons (Fsp3) is 0.222. The zero-order valence-electron chi connectivity index (χ0n) is 8.42. The maximum Gasteiger partial charge on any atom is 0.341 e. The molecule has 94 valence electrons. The summed E-state index contributed by atoms with van der Waals surface area (Å²) in [6, 6.07) is 4.31. The number of carbonyl (C=O) groups is 1. The second kappa shape index (κ2) is 5.65. The zero-order chi connectivity index (χ0) is 13.1. The number of carbonyl (C=O) groups excluding carboxylic acids is 1. The molecular weight excluding hydrogens is 363 g/mol. The van der Waals surface area contributed by atoms with E-state index in [-0.39, 0.29) is 11.3 Å². The Morgan fingerprint density at radius 2 is 2.12 bits per heavy atom. The number of hydrogen-bond donors (Lipinski definition) is 1. The molecule has 1 rings (SSSR count). The normalized spacial score (nSPS) is 11.2. The van der Waals surface area contributed by atoms with Gasteiger partial charge in [0.25, 0.3) is 0 Å². The van der Waals surface area contributed by atoms with E-state index in [0.29, 0.717) is 3.57 Å². The van der Waals surface area contributed by atoms with Crippen molar-refractivity contribution in [2.24, 2.45) is 0 Å². The number of ether oxygens (including phenoxy) is 1. The van der Waals surface area contributed by atoms with Gasteiger partial charge >= 0.3 is 5.97 Å². The van der Waals surface area contributed by atoms with Crippen molar-refractivity contribution in [2.75, 3.05) is 12.4 Å². The molecule has 0 saturated heterocycles. The molecule has 0 saturated carbocycles. The number of hydrogen-bond acceptors (Lipinski definition) is 6. The van der Waals surface area contributed by atoms with E-state index in [1.165, 1.54) is 12.1 Å². The van der Waals surface area contributed by atoms with Crippen LogP contribution in [0.5, 0.6) is 5.75 Å². The Labute approximate surface area is 111 Å². The van der Waals surface area contributed by atoms with Crippen LogP contribution < -0.4 is 0 Å². The van der Waals surface area contributed by atoms with E-state index in [9.17, 15) is 22.9 Å². The number of esters is 1. The van der Waals surface area contributed by atoms with E-state index in [0.717, 1.165) is 0 Å². The monoisotopic (exact) mass is 371 g/mol. The number of phenolic OH excluding ortho intramolecular Hbond substituents is 1. The SMILES string of the molecule is O=C(OCCS(=O)(=O)[O-])c1cc(I)ccc1O. The molecule has 0 aliphatic heterocycles. The highest BCUT2D eigenvalue weighted by atomic mass is 127. The minimum atomic E-state index is -4.41. The molecule has 0 radical (unpaired) electrons. The zero-order valence-corrected chi connectivity index (χ0v) is 11.4. The summed E-state index contributed by atoms with van der Waals surface area (Å²) in [5.74, 6) is -1.92. The topological polar surface area (TPSA) is 104 Å². The van der Waals surface area contributed by atoms with Crippen molar-refractivity contribution in [2.45, 2.75) is 0 Å². The summed E-state index contributed by atoms with van der Waals surface area (Å²) in [5, 5.41) is 9.38. The third-order valence-corrected chi connectivity index (χ3v) is 3.08. The molecule has 0 atom stereocenters. The van der Waals surface area contributed by atoms with Crippen LogP contribution in [0.4, 0.5) is 0 Å². The van der Waals surface area contributed by atoms with Gasteiger partial charge in [-0.05, 0) is 40.8 Å². The molecule has 17 heavy (non-hydrogen) atoms. The molecule has 0 bridgehead atoms. The Kier molecular flexibility index (Phi) is 4.71. The van der Waals surface area contributed by atoms with Gasteiger partial charge in [-0.25, -0.2) is 13.2 Å². The van der Waals surface area contributed by atoms with Gasteiger partial charge in [0.05, 0.1) is 15.9 Å². The first-order valence-corrected chi connectivity index (χ1v) is 7.04. The predicted molar refractivity (Wildman–Crippen MR) is 65.7 cm³/mol. The van der Waals surface area contributed by atoms with E-state index >= 15 is 0 Å². The Bertz CT molecular complexity index is 524. The van der Waals surface area contributed by atoms with Crippen LogP contribution in [0.3, 0.4) is 0 Å². The van der Waals surface area contributed by atoms with Crippen molar-refractivity contribution >= 4 is 38.7 Å². The molecule has 8 heteroatoms. The number of benzene rings is 1. The average molecular weight is 371 g/mol. The highest BCUT2D eigenvalue weighted by Crippen LogP contribution is 2.20. The molecule has 0 aliphatic rings. The summed E-state index contributed by atoms with van der Waals surface area (Å²) in [5.41, 5.74) is -0.0693. The van der Waals surface area contributed by atoms with Crippen LogP contribution in [0, 0.1) is 3.57 Å². The van der Waals surface area contributed by atoms with Gasteiger partial charge in [0, 0.05) is 3.57 Å². The minimum Gasteiger partial charge on any atom is -0.748 e. The molecule has 0 unspecified atom stereocenters. The van der Waals surface area contributed by atoms with Gasteiger partial charge in [-0.2, -0.15) is 0 Å². The Hall–Kier alpha value is -0.870. The molecule has 1 aromatic carbocycles. The summed E-state index contributed by atoms with van der Waals surface area (Å²) in [6.07, 6.45) is 0. The highest BCUT2D eigenvalue weighted by Gasteiger charge is 2.13. The third kappa shape index (κ3) is 4.88. The van der Waals surface area contributed by atoms with Crippen molar-refractivity contribution in [1.82, 2.24) is 0 Å². The first-order valence-electron chi connectivity index (χ1n) is 4.39. The summed E-state index contributed by atoms with van der Waals surface area (Å²) in [6.45, 7) is -0.532. The lowest BCUT2D eigenvalue weighted by Crippen LogP contribution is -2.15. The Balaban J connectivity index is 2.67. The number of rotatable bonds is 4. The van der Waals surface area contributed by atoms with Crippen LogP contribution in [-0.2, 0) is 14.9 Å². The molecular formula is C9H8IO6S-. The Morgan fingerprint density at radius 1 is 1.47 bits per heavy atom. The first kappa shape index (κ1) is 14.2. The molecule has 0 heterocycles. The van der Waals surface area contributed by atoms with Gasteiger partial charge in [0.2, 0.25) is 0 Å². The minimum absolute atomic E-state index is 0.0693. The van der Waals surface area contributed by atoms with E-state index in [4.69, 9.17) is 0 Å². The van der Waals surface area contributed by atoms with Gasteiger partial charge in [0.15, 0.2) is 0 Å². The van der Waals surface area contributed by atoms with Crippen molar-refractivity contribution in [3.63, 3.8) is 0 Å². The molecule has 1 N–H and O–H groups in total. The summed E-state index contributed by atoms with van der Waals surface area (Å²) in [7, 11) is -4.41. The number of halogens is 1. The molecule has 0 aromatic heterocycles. The van der Waals surface area contributed by atoms with E-state index in [1.807, 2.05) is 22.6 Å². The van der Waals surface area contributed by atoms with E-state index in [1.54, 1.807) is 6.07 Å². The van der Waals surface area contributed by atoms with Crippen molar-refractivity contribution in [3.05, 3.63) is 27.3 Å². The number of phenols is 1. The molecule has 0 aliphatic carbocycles. The smallest absolute Gasteiger partial charge is 0.341 e. The van der Waals surface area contributed by atoms with Gasteiger partial charge in [-0.15, -0.1) is 0 Å². The van der Waals surface area contributed by atoms with Gasteiger partial charge in [-0.1, -0.05) is 0 Å². The molecule has 0 fully saturated rings. The third-order valence-electron chi connectivity index (χ3n) is 1.75. The highest BCUT2D eigenvalue weighted by molar-refractivity contribution is 14.1. The van der Waals surface area contributed by atoms with Gasteiger partial charge in [0.1, 0.15) is 17.9 Å². The van der Waals surface area contributed by atoms with Crippen LogP contribution in [0.2, 0.25) is 0 Å². The van der Waals surface area contributed by atoms with Crippen LogP contribution in [-0.4, -0.2) is 36.4 Å². The second-order valence-electron chi connectivity index (χ2n) is 3.06. The van der Waals surface area contributed by atoms with Crippen molar-refractivity contribution in [3.8, 4) is 5.75 Å². The lowest BCUT2D eigenvalue weighted by molar-refractivity contribution is 0.0525. The molecule has 0 spiro atoms. The standard InChI is InChI=1S/C9H9IO6S/c10-6-1-2-8(11)7(5-6)9(12)16-3-4-17(13,14)15/h1-2,5,11H,3-4H2,(H,13,14,15)/p-1. The predicted octanol–water partition coefficient (Wildman–Crippen LogP) is 0.699. The van der Waals surface area contributed by atoms with Crippen molar-refractivity contribution in [1.29, 1.82) is 0 Å². The summed E-state index contributed by atoms with van der Waals surface area (Å²) >= 11 is 1.94. The first-order chi connectivity index (χ1) is 7.79. The van der Waals surface area contributed by atoms with Gasteiger partial charge < -0.3 is 14.4 Å². The second-order valence-corrected chi connectivity index (χ2v) is 5.83. The van der Waals surface area contributed by atoms with Crippen LogP contribution >= 0.6 is 22.6 Å². The van der Waals surface area contributed by atoms with Gasteiger partial charge in [-0.3, -0.25) is 0 Å². The number of aromatic hydroxyl groups is 1. The van der Waals surface area contributed by atoms with E-state index in [2.05, 4.69) is 4.74 Å². The summed E-state index contributed by atoms with van der Waals surface area (Å²) in [4.78, 5) is 11.4.